The van der Waals surface area contributed by atoms with Crippen molar-refractivity contribution >= 4 is 35.0 Å². The number of ether oxygens (including phenoxy) is 1. The number of carbonyl (C=O) groups is 2. The minimum Gasteiger partial charge on any atom is -0.481 e. The van der Waals surface area contributed by atoms with Crippen LogP contribution in [0.4, 0.5) is 11.5 Å². The summed E-state index contributed by atoms with van der Waals surface area (Å²) < 4.78 is 7.08. The second kappa shape index (κ2) is 7.99. The van der Waals surface area contributed by atoms with E-state index in [4.69, 9.17) is 27.2 Å². The second-order valence-electron chi connectivity index (χ2n) is 6.54. The summed E-state index contributed by atoms with van der Waals surface area (Å²) in [6.45, 7) is 0.790. The summed E-state index contributed by atoms with van der Waals surface area (Å²) in [7, 11) is 0. The number of rotatable bonds is 5. The quantitative estimate of drug-likeness (QED) is 0.630. The van der Waals surface area contributed by atoms with E-state index in [9.17, 15) is 9.59 Å². The van der Waals surface area contributed by atoms with E-state index in [2.05, 4.69) is 15.1 Å². The van der Waals surface area contributed by atoms with Gasteiger partial charge in [0.15, 0.2) is 0 Å². The largest absolute Gasteiger partial charge is 0.481 e. The molecule has 30 heavy (non-hydrogen) atoms. The smallest absolute Gasteiger partial charge is 0.305 e. The van der Waals surface area contributed by atoms with Crippen LogP contribution >= 0.6 is 11.6 Å². The topological polar surface area (TPSA) is 136 Å². The lowest BCUT2D eigenvalue weighted by atomic mass is 10.1. The van der Waals surface area contributed by atoms with Gasteiger partial charge in [-0.25, -0.2) is 9.97 Å². The zero-order chi connectivity index (χ0) is 21.3. The van der Waals surface area contributed by atoms with Gasteiger partial charge in [-0.15, -0.1) is 0 Å². The highest BCUT2D eigenvalue weighted by molar-refractivity contribution is 6.33. The van der Waals surface area contributed by atoms with Crippen molar-refractivity contribution in [2.24, 2.45) is 0 Å². The Balaban J connectivity index is 1.61. The molecule has 0 unspecified atom stereocenters. The van der Waals surface area contributed by atoms with E-state index in [1.807, 2.05) is 0 Å². The highest BCUT2D eigenvalue weighted by Crippen LogP contribution is 2.33. The summed E-state index contributed by atoms with van der Waals surface area (Å²) in [5, 5.41) is 13.4. The van der Waals surface area contributed by atoms with Gasteiger partial charge in [0.1, 0.15) is 24.3 Å². The van der Waals surface area contributed by atoms with Crippen LogP contribution in [-0.4, -0.2) is 49.9 Å². The third-order valence-corrected chi connectivity index (χ3v) is 4.93. The van der Waals surface area contributed by atoms with Crippen molar-refractivity contribution in [3.8, 4) is 17.0 Å². The Morgan fingerprint density at radius 1 is 1.33 bits per heavy atom. The zero-order valence-corrected chi connectivity index (χ0v) is 16.4. The molecule has 1 aliphatic rings. The van der Waals surface area contributed by atoms with Gasteiger partial charge in [-0.3, -0.25) is 14.3 Å². The number of anilines is 2. The number of hydrogen-bond acceptors (Lipinski definition) is 7. The number of carbonyl (C=O) groups excluding carboxylic acids is 1. The van der Waals surface area contributed by atoms with Crippen LogP contribution in [0.3, 0.4) is 0 Å². The molecular formula is C19H17ClN6O4. The summed E-state index contributed by atoms with van der Waals surface area (Å²) in [5.74, 6) is -1.06. The molecule has 3 aromatic rings. The van der Waals surface area contributed by atoms with Gasteiger partial charge >= 0.3 is 5.97 Å². The maximum absolute atomic E-state index is 13.0. The molecule has 1 aromatic carbocycles. The standard InChI is InChI=1S/C19H17ClN6O4/c20-14-7-12(1-2-13(14)11-8-24-25(9-11)4-3-15(27)28)26-5-6-30-18-16(19(26)29)17(21)22-10-23-18/h1-2,7-10H,3-6H2,(H,27,28)(H2,21,22,23). The molecule has 0 saturated heterocycles. The summed E-state index contributed by atoms with van der Waals surface area (Å²) in [4.78, 5) is 33.1. The van der Waals surface area contributed by atoms with Crippen molar-refractivity contribution in [1.29, 1.82) is 0 Å². The molecule has 10 nitrogen and oxygen atoms in total. The molecule has 154 valence electrons. The monoisotopic (exact) mass is 428 g/mol. The Kier molecular flexibility index (Phi) is 5.23. The van der Waals surface area contributed by atoms with Crippen LogP contribution in [0.2, 0.25) is 5.02 Å². The number of aliphatic carboxylic acids is 1. The molecule has 2 aromatic heterocycles. The number of nitrogens with two attached hydrogens (primary N) is 1. The average Bonchev–Trinajstić information content (AvgIpc) is 3.11. The summed E-state index contributed by atoms with van der Waals surface area (Å²) in [5.41, 5.74) is 8.02. The molecule has 3 N–H and O–H groups in total. The Morgan fingerprint density at radius 3 is 2.93 bits per heavy atom. The van der Waals surface area contributed by atoms with Crippen LogP contribution in [-0.2, 0) is 11.3 Å². The fourth-order valence-electron chi connectivity index (χ4n) is 3.15. The van der Waals surface area contributed by atoms with Gasteiger partial charge in [0.2, 0.25) is 5.88 Å². The summed E-state index contributed by atoms with van der Waals surface area (Å²) >= 11 is 6.49. The third-order valence-electron chi connectivity index (χ3n) is 4.62. The van der Waals surface area contributed by atoms with Crippen molar-refractivity contribution in [3.63, 3.8) is 0 Å². The van der Waals surface area contributed by atoms with Crippen molar-refractivity contribution in [1.82, 2.24) is 19.7 Å². The molecule has 1 amide bonds. The molecule has 3 heterocycles. The lowest BCUT2D eigenvalue weighted by Crippen LogP contribution is -2.32. The van der Waals surface area contributed by atoms with Crippen molar-refractivity contribution in [2.75, 3.05) is 23.8 Å². The van der Waals surface area contributed by atoms with Gasteiger partial charge in [-0.05, 0) is 12.1 Å². The van der Waals surface area contributed by atoms with Crippen molar-refractivity contribution in [2.45, 2.75) is 13.0 Å². The van der Waals surface area contributed by atoms with Gasteiger partial charge in [0.05, 0.1) is 30.7 Å². The predicted octanol–water partition coefficient (Wildman–Crippen LogP) is 2.09. The van der Waals surface area contributed by atoms with E-state index in [1.54, 1.807) is 35.3 Å². The Morgan fingerprint density at radius 2 is 2.17 bits per heavy atom. The summed E-state index contributed by atoms with van der Waals surface area (Å²) in [6, 6.07) is 5.22. The van der Waals surface area contributed by atoms with Crippen LogP contribution in [0.5, 0.6) is 5.88 Å². The minimum absolute atomic E-state index is 0.0265. The lowest BCUT2D eigenvalue weighted by molar-refractivity contribution is -0.137. The first-order valence-electron chi connectivity index (χ1n) is 9.03. The number of benzene rings is 1. The van der Waals surface area contributed by atoms with Gasteiger partial charge in [-0.2, -0.15) is 5.10 Å². The molecule has 0 spiro atoms. The number of carboxylic acids is 1. The first kappa shape index (κ1) is 19.6. The Bertz CT molecular complexity index is 1130. The van der Waals surface area contributed by atoms with Crippen molar-refractivity contribution in [3.05, 3.63) is 47.5 Å². The number of hydrogen-bond donors (Lipinski definition) is 2. The van der Waals surface area contributed by atoms with Crippen LogP contribution in [0.25, 0.3) is 11.1 Å². The van der Waals surface area contributed by atoms with Gasteiger partial charge in [0.25, 0.3) is 5.91 Å². The first-order chi connectivity index (χ1) is 14.4. The van der Waals surface area contributed by atoms with Gasteiger partial charge in [-0.1, -0.05) is 17.7 Å². The molecule has 0 fully saturated rings. The summed E-state index contributed by atoms with van der Waals surface area (Å²) in [6.07, 6.45) is 4.56. The third kappa shape index (κ3) is 3.77. The Hall–Kier alpha value is -3.66. The van der Waals surface area contributed by atoms with E-state index in [-0.39, 0.29) is 49.3 Å². The van der Waals surface area contributed by atoms with E-state index in [0.717, 1.165) is 5.56 Å². The van der Waals surface area contributed by atoms with Gasteiger partial charge < -0.3 is 20.5 Å². The zero-order valence-electron chi connectivity index (χ0n) is 15.7. The Labute approximate surface area is 175 Å². The predicted molar refractivity (Wildman–Crippen MR) is 109 cm³/mol. The van der Waals surface area contributed by atoms with E-state index in [1.165, 1.54) is 11.2 Å². The number of carboxylic acid groups (broad SMARTS) is 1. The molecule has 0 saturated carbocycles. The molecule has 0 aliphatic carbocycles. The number of amides is 1. The van der Waals surface area contributed by atoms with Crippen LogP contribution in [0.1, 0.15) is 16.8 Å². The molecule has 0 atom stereocenters. The van der Waals surface area contributed by atoms with Crippen LogP contribution in [0, 0.1) is 0 Å². The van der Waals surface area contributed by atoms with Gasteiger partial charge in [0, 0.05) is 23.0 Å². The molecule has 4 rings (SSSR count). The number of aryl methyl sites for hydroxylation is 1. The molecule has 0 radical (unpaired) electrons. The minimum atomic E-state index is -0.895. The number of nitrogens with zero attached hydrogens (tertiary/aromatic N) is 5. The fourth-order valence-corrected chi connectivity index (χ4v) is 3.43. The number of aromatic nitrogens is 4. The van der Waals surface area contributed by atoms with E-state index in [0.29, 0.717) is 16.3 Å². The SMILES string of the molecule is Nc1ncnc2c1C(=O)N(c1ccc(-c3cnn(CCC(=O)O)c3)c(Cl)c1)CCO2. The van der Waals surface area contributed by atoms with Crippen molar-refractivity contribution < 1.29 is 19.4 Å². The molecular weight excluding hydrogens is 412 g/mol. The number of halogens is 1. The van der Waals surface area contributed by atoms with E-state index < -0.39 is 5.97 Å². The molecule has 1 aliphatic heterocycles. The second-order valence-corrected chi connectivity index (χ2v) is 6.95. The average molecular weight is 429 g/mol. The highest BCUT2D eigenvalue weighted by Gasteiger charge is 2.29. The maximum atomic E-state index is 13.0. The lowest BCUT2D eigenvalue weighted by Gasteiger charge is -2.21. The first-order valence-corrected chi connectivity index (χ1v) is 9.41. The van der Waals surface area contributed by atoms with E-state index >= 15 is 0 Å². The molecule has 11 heteroatoms. The highest BCUT2D eigenvalue weighted by atomic mass is 35.5. The fraction of sp³-hybridized carbons (Fsp3) is 0.211. The number of fused-ring (bicyclic) bond motifs is 1. The normalized spacial score (nSPS) is 13.5. The van der Waals surface area contributed by atoms with Crippen LogP contribution in [0.15, 0.2) is 36.9 Å². The maximum Gasteiger partial charge on any atom is 0.305 e. The van der Waals surface area contributed by atoms with Crippen LogP contribution < -0.4 is 15.4 Å². The molecule has 0 bridgehead atoms. The number of nitrogen functional groups attached to an aromatic ring is 1.